The van der Waals surface area contributed by atoms with Gasteiger partial charge in [-0.25, -0.2) is 4.98 Å². The van der Waals surface area contributed by atoms with Crippen LogP contribution in [0.5, 0.6) is 5.75 Å². The maximum atomic E-state index is 12.4. The molecule has 5 nitrogen and oxygen atoms in total. The lowest BCUT2D eigenvalue weighted by atomic mass is 10.0. The summed E-state index contributed by atoms with van der Waals surface area (Å²) in [7, 11) is 0. The van der Waals surface area contributed by atoms with Gasteiger partial charge in [0, 0.05) is 6.42 Å². The van der Waals surface area contributed by atoms with Crippen LogP contribution in [0.25, 0.3) is 11.0 Å². The molecule has 1 aromatic heterocycles. The van der Waals surface area contributed by atoms with Gasteiger partial charge in [0.2, 0.25) is 5.91 Å². The van der Waals surface area contributed by atoms with E-state index in [1.54, 1.807) is 6.33 Å². The molecular weight excluding hydrogens is 302 g/mol. The lowest BCUT2D eigenvalue weighted by molar-refractivity contribution is -0.122. The van der Waals surface area contributed by atoms with Gasteiger partial charge >= 0.3 is 0 Å². The zero-order valence-corrected chi connectivity index (χ0v) is 13.5. The van der Waals surface area contributed by atoms with Crippen molar-refractivity contribution in [3.63, 3.8) is 0 Å². The van der Waals surface area contributed by atoms with Crippen molar-refractivity contribution in [2.75, 3.05) is 6.61 Å². The van der Waals surface area contributed by atoms with Crippen molar-refractivity contribution in [3.8, 4) is 5.75 Å². The molecule has 2 heterocycles. The van der Waals surface area contributed by atoms with Gasteiger partial charge in [-0.1, -0.05) is 18.2 Å². The van der Waals surface area contributed by atoms with Crippen LogP contribution in [0.15, 0.2) is 48.8 Å². The third kappa shape index (κ3) is 2.73. The zero-order chi connectivity index (χ0) is 16.5. The molecule has 3 aromatic rings. The molecule has 1 aliphatic rings. The van der Waals surface area contributed by atoms with Crippen LogP contribution in [0.3, 0.4) is 0 Å². The fraction of sp³-hybridized carbons (Fsp3) is 0.263. The van der Waals surface area contributed by atoms with Crippen LogP contribution in [0.4, 0.5) is 0 Å². The molecule has 1 aliphatic heterocycles. The molecule has 0 aliphatic carbocycles. The van der Waals surface area contributed by atoms with Crippen molar-refractivity contribution < 1.29 is 9.53 Å². The van der Waals surface area contributed by atoms with Crippen LogP contribution in [-0.4, -0.2) is 22.1 Å². The normalized spacial score (nSPS) is 14.2. The van der Waals surface area contributed by atoms with Gasteiger partial charge in [-0.3, -0.25) is 4.79 Å². The fourth-order valence-electron chi connectivity index (χ4n) is 3.14. The molecule has 0 spiro atoms. The highest BCUT2D eigenvalue weighted by molar-refractivity contribution is 5.80. The highest BCUT2D eigenvalue weighted by atomic mass is 16.5. The second-order valence-electron chi connectivity index (χ2n) is 6.12. The van der Waals surface area contributed by atoms with Crippen molar-refractivity contribution in [2.24, 2.45) is 0 Å². The minimum absolute atomic E-state index is 0.0256. The average molecular weight is 321 g/mol. The number of rotatable bonds is 4. The molecule has 0 bridgehead atoms. The minimum Gasteiger partial charge on any atom is -0.493 e. The Morgan fingerprint density at radius 3 is 3.12 bits per heavy atom. The van der Waals surface area contributed by atoms with E-state index in [-0.39, 0.29) is 18.5 Å². The highest BCUT2D eigenvalue weighted by Gasteiger charge is 2.16. The molecule has 5 heteroatoms. The minimum atomic E-state index is -0.0433. The Bertz CT molecular complexity index is 901. The van der Waals surface area contributed by atoms with Crippen molar-refractivity contribution >= 4 is 16.9 Å². The van der Waals surface area contributed by atoms with Crippen LogP contribution < -0.4 is 10.1 Å². The zero-order valence-electron chi connectivity index (χ0n) is 13.5. The number of imidazole rings is 1. The average Bonchev–Trinajstić information content (AvgIpc) is 3.21. The second kappa shape index (κ2) is 6.00. The van der Waals surface area contributed by atoms with Crippen LogP contribution in [-0.2, 0) is 17.8 Å². The molecule has 1 N–H and O–H groups in total. The Morgan fingerprint density at radius 2 is 2.21 bits per heavy atom. The van der Waals surface area contributed by atoms with Gasteiger partial charge in [-0.05, 0) is 42.3 Å². The largest absolute Gasteiger partial charge is 0.493 e. The number of ether oxygens (including phenoxy) is 1. The quantitative estimate of drug-likeness (QED) is 0.804. The van der Waals surface area contributed by atoms with E-state index in [0.717, 1.165) is 35.4 Å². The summed E-state index contributed by atoms with van der Waals surface area (Å²) in [4.78, 5) is 16.7. The number of carbonyl (C=O) groups excluding carboxylic acids is 1. The number of fused-ring (bicyclic) bond motifs is 2. The van der Waals surface area contributed by atoms with Gasteiger partial charge < -0.3 is 14.6 Å². The standard InChI is InChI=1S/C19H19N3O2/c1-13(14-6-7-18-15(10-14)8-9-24-18)21-19(23)11-22-12-20-16-4-2-3-5-17(16)22/h2-7,10,12-13H,8-9,11H2,1H3,(H,21,23)/t13-/m1/s1. The van der Waals surface area contributed by atoms with Gasteiger partial charge in [0.05, 0.1) is 30.0 Å². The number of aromatic nitrogens is 2. The van der Waals surface area contributed by atoms with E-state index in [1.807, 2.05) is 47.9 Å². The number of benzene rings is 2. The lowest BCUT2D eigenvalue weighted by Crippen LogP contribution is -2.29. The van der Waals surface area contributed by atoms with E-state index >= 15 is 0 Å². The number of carbonyl (C=O) groups is 1. The van der Waals surface area contributed by atoms with Crippen LogP contribution in [0.1, 0.15) is 24.1 Å². The van der Waals surface area contributed by atoms with E-state index in [2.05, 4.69) is 16.4 Å². The highest BCUT2D eigenvalue weighted by Crippen LogP contribution is 2.28. The van der Waals surface area contributed by atoms with Crippen molar-refractivity contribution in [1.29, 1.82) is 0 Å². The number of para-hydroxylation sites is 2. The summed E-state index contributed by atoms with van der Waals surface area (Å²) in [6.07, 6.45) is 2.65. The summed E-state index contributed by atoms with van der Waals surface area (Å²) >= 11 is 0. The van der Waals surface area contributed by atoms with Crippen molar-refractivity contribution in [1.82, 2.24) is 14.9 Å². The number of nitrogens with zero attached hydrogens (tertiary/aromatic N) is 2. The van der Waals surface area contributed by atoms with E-state index < -0.39 is 0 Å². The third-order valence-electron chi connectivity index (χ3n) is 4.43. The monoisotopic (exact) mass is 321 g/mol. The molecule has 1 amide bonds. The predicted octanol–water partition coefficient (Wildman–Crippen LogP) is 2.85. The van der Waals surface area contributed by atoms with Crippen LogP contribution >= 0.6 is 0 Å². The molecule has 4 rings (SSSR count). The molecule has 24 heavy (non-hydrogen) atoms. The van der Waals surface area contributed by atoms with E-state index in [9.17, 15) is 4.79 Å². The first kappa shape index (κ1) is 14.8. The number of amides is 1. The third-order valence-corrected chi connectivity index (χ3v) is 4.43. The van der Waals surface area contributed by atoms with Gasteiger partial charge in [-0.2, -0.15) is 0 Å². The van der Waals surface area contributed by atoms with E-state index in [1.165, 1.54) is 5.56 Å². The summed E-state index contributed by atoms with van der Waals surface area (Å²) in [5.41, 5.74) is 4.18. The molecule has 1 atom stereocenters. The Morgan fingerprint density at radius 1 is 1.33 bits per heavy atom. The lowest BCUT2D eigenvalue weighted by Gasteiger charge is -2.15. The Balaban J connectivity index is 1.45. The summed E-state index contributed by atoms with van der Waals surface area (Å²) in [5, 5.41) is 3.06. The summed E-state index contributed by atoms with van der Waals surface area (Å²) in [6.45, 7) is 3.01. The Kier molecular flexibility index (Phi) is 3.69. The first-order valence-electron chi connectivity index (χ1n) is 8.15. The smallest absolute Gasteiger partial charge is 0.240 e. The van der Waals surface area contributed by atoms with Gasteiger partial charge in [0.15, 0.2) is 0 Å². The topological polar surface area (TPSA) is 56.2 Å². The van der Waals surface area contributed by atoms with Gasteiger partial charge in [0.1, 0.15) is 12.3 Å². The Labute approximate surface area is 140 Å². The molecule has 0 fully saturated rings. The van der Waals surface area contributed by atoms with E-state index in [4.69, 9.17) is 4.74 Å². The number of nitrogens with one attached hydrogen (secondary N) is 1. The number of hydrogen-bond donors (Lipinski definition) is 1. The van der Waals surface area contributed by atoms with Gasteiger partial charge in [0.25, 0.3) is 0 Å². The molecule has 0 saturated heterocycles. The fourth-order valence-corrected chi connectivity index (χ4v) is 3.14. The van der Waals surface area contributed by atoms with E-state index in [0.29, 0.717) is 0 Å². The Hall–Kier alpha value is -2.82. The molecule has 122 valence electrons. The summed E-state index contributed by atoms with van der Waals surface area (Å²) < 4.78 is 7.40. The summed E-state index contributed by atoms with van der Waals surface area (Å²) in [5.74, 6) is 0.935. The predicted molar refractivity (Wildman–Crippen MR) is 91.9 cm³/mol. The van der Waals surface area contributed by atoms with Gasteiger partial charge in [-0.15, -0.1) is 0 Å². The molecular formula is C19H19N3O2. The maximum absolute atomic E-state index is 12.4. The summed E-state index contributed by atoms with van der Waals surface area (Å²) in [6, 6.07) is 13.9. The van der Waals surface area contributed by atoms with Crippen LogP contribution in [0, 0.1) is 0 Å². The van der Waals surface area contributed by atoms with Crippen LogP contribution in [0.2, 0.25) is 0 Å². The first-order chi connectivity index (χ1) is 11.7. The maximum Gasteiger partial charge on any atom is 0.240 e. The van der Waals surface area contributed by atoms with Crippen molar-refractivity contribution in [3.05, 3.63) is 59.9 Å². The number of hydrogen-bond acceptors (Lipinski definition) is 3. The first-order valence-corrected chi connectivity index (χ1v) is 8.15. The molecule has 0 saturated carbocycles. The SMILES string of the molecule is C[C@@H](NC(=O)Cn1cnc2ccccc21)c1ccc2c(c1)CCO2. The second-order valence-corrected chi connectivity index (χ2v) is 6.12. The van der Waals surface area contributed by atoms with Crippen molar-refractivity contribution in [2.45, 2.75) is 25.9 Å². The molecule has 0 unspecified atom stereocenters. The molecule has 0 radical (unpaired) electrons. The molecule has 2 aromatic carbocycles.